The standard InChI is InChI=1S/C25H21F2N7OS/c26-15-8-31-22(19-11(6-28)24(29)36-23(15)19)18-14-10-35-9-13(14)12-7-32-25(33-21(12)20(18)27)34-5-3-16-17(34)2-1-4-30-16/h7-8,16-17,30H,1-5,9-10,29H2. The monoisotopic (exact) mass is 505 g/mol. The molecule has 0 radical (unpaired) electrons. The van der Waals surface area contributed by atoms with Crippen molar-refractivity contribution in [2.75, 3.05) is 23.7 Å². The highest BCUT2D eigenvalue weighted by Gasteiger charge is 2.37. The summed E-state index contributed by atoms with van der Waals surface area (Å²) in [5, 5.41) is 14.3. The van der Waals surface area contributed by atoms with Gasteiger partial charge in [-0.2, -0.15) is 5.26 Å². The van der Waals surface area contributed by atoms with Crippen LogP contribution in [0.3, 0.4) is 0 Å². The fourth-order valence-corrected chi connectivity index (χ4v) is 6.89. The summed E-state index contributed by atoms with van der Waals surface area (Å²) in [7, 11) is 0. The van der Waals surface area contributed by atoms with Gasteiger partial charge in [0.25, 0.3) is 0 Å². The number of hydrogen-bond acceptors (Lipinski definition) is 9. The number of nitrogens with two attached hydrogens (primary N) is 1. The van der Waals surface area contributed by atoms with Gasteiger partial charge in [0, 0.05) is 41.2 Å². The molecular weight excluding hydrogens is 484 g/mol. The largest absolute Gasteiger partial charge is 0.389 e. The highest BCUT2D eigenvalue weighted by Crippen LogP contribution is 2.45. The maximum absolute atomic E-state index is 16.5. The van der Waals surface area contributed by atoms with Crippen molar-refractivity contribution in [1.29, 1.82) is 5.26 Å². The number of aromatic nitrogens is 3. The third-order valence-corrected chi connectivity index (χ3v) is 8.65. The predicted octanol–water partition coefficient (Wildman–Crippen LogP) is 4.00. The van der Waals surface area contributed by atoms with Crippen molar-refractivity contribution in [2.45, 2.75) is 44.6 Å². The first kappa shape index (κ1) is 21.8. The number of piperidine rings is 1. The Balaban J connectivity index is 1.48. The molecule has 3 aliphatic rings. The van der Waals surface area contributed by atoms with Crippen LogP contribution in [0.25, 0.3) is 32.2 Å². The van der Waals surface area contributed by atoms with Gasteiger partial charge in [-0.1, -0.05) is 0 Å². The summed E-state index contributed by atoms with van der Waals surface area (Å²) in [4.78, 5) is 15.8. The molecule has 36 heavy (non-hydrogen) atoms. The second kappa shape index (κ2) is 8.03. The van der Waals surface area contributed by atoms with Gasteiger partial charge >= 0.3 is 0 Å². The van der Waals surface area contributed by atoms with Crippen LogP contribution in [0.4, 0.5) is 19.7 Å². The fourth-order valence-electron chi connectivity index (χ4n) is 5.97. The van der Waals surface area contributed by atoms with Crippen LogP contribution >= 0.6 is 11.3 Å². The molecule has 4 aromatic rings. The van der Waals surface area contributed by atoms with E-state index in [1.807, 2.05) is 6.07 Å². The van der Waals surface area contributed by atoms with Crippen LogP contribution in [0.5, 0.6) is 0 Å². The minimum absolute atomic E-state index is 0.0976. The molecule has 0 spiro atoms. The molecule has 182 valence electrons. The zero-order valence-electron chi connectivity index (χ0n) is 19.1. The Morgan fingerprint density at radius 2 is 2.06 bits per heavy atom. The summed E-state index contributed by atoms with van der Waals surface area (Å²) in [6.07, 6.45) is 5.83. The molecular formula is C25H21F2N7OS. The highest BCUT2D eigenvalue weighted by molar-refractivity contribution is 7.23. The van der Waals surface area contributed by atoms with Gasteiger partial charge in [-0.05, 0) is 36.9 Å². The summed E-state index contributed by atoms with van der Waals surface area (Å²) in [5.74, 6) is -0.683. The number of nitrogens with zero attached hydrogens (tertiary/aromatic N) is 5. The molecule has 11 heteroatoms. The number of nitriles is 1. The smallest absolute Gasteiger partial charge is 0.226 e. The number of nitrogen functional groups attached to an aromatic ring is 1. The number of halogens is 2. The predicted molar refractivity (Wildman–Crippen MR) is 132 cm³/mol. The van der Waals surface area contributed by atoms with Crippen molar-refractivity contribution < 1.29 is 13.5 Å². The van der Waals surface area contributed by atoms with Crippen LogP contribution in [0.15, 0.2) is 12.4 Å². The second-order valence-electron chi connectivity index (χ2n) is 9.44. The molecule has 0 saturated carbocycles. The summed E-state index contributed by atoms with van der Waals surface area (Å²) >= 11 is 0.960. The average Bonchev–Trinajstić information content (AvgIpc) is 3.62. The Morgan fingerprint density at radius 3 is 2.92 bits per heavy atom. The van der Waals surface area contributed by atoms with Gasteiger partial charge in [0.1, 0.15) is 16.6 Å². The van der Waals surface area contributed by atoms with E-state index < -0.39 is 11.6 Å². The van der Waals surface area contributed by atoms with E-state index >= 15 is 4.39 Å². The Bertz CT molecular complexity index is 1610. The first-order valence-electron chi connectivity index (χ1n) is 11.9. The maximum atomic E-state index is 16.5. The minimum atomic E-state index is -0.602. The molecule has 0 aliphatic carbocycles. The normalized spacial score (nSPS) is 21.2. The lowest BCUT2D eigenvalue weighted by molar-refractivity contribution is 0.135. The van der Waals surface area contributed by atoms with Crippen molar-refractivity contribution in [3.63, 3.8) is 0 Å². The van der Waals surface area contributed by atoms with Crippen LogP contribution in [0.1, 0.15) is 36.0 Å². The van der Waals surface area contributed by atoms with Crippen molar-refractivity contribution in [3.05, 3.63) is 40.7 Å². The average molecular weight is 506 g/mol. The fraction of sp³-hybridized carbons (Fsp3) is 0.360. The van der Waals surface area contributed by atoms with Gasteiger partial charge < -0.3 is 20.7 Å². The summed E-state index contributed by atoms with van der Waals surface area (Å²) in [5.41, 5.74) is 8.04. The Hall–Kier alpha value is -3.46. The SMILES string of the molecule is N#Cc1c(N)sc2c(F)cnc(-c3c4c(c5cnc(N6CCC7NCCCC76)nc5c3F)COC4)c12. The van der Waals surface area contributed by atoms with Crippen LogP contribution < -0.4 is 16.0 Å². The van der Waals surface area contributed by atoms with Gasteiger partial charge in [-0.3, -0.25) is 4.98 Å². The molecule has 3 aromatic heterocycles. The minimum Gasteiger partial charge on any atom is -0.389 e. The molecule has 0 bridgehead atoms. The Morgan fingerprint density at radius 1 is 1.19 bits per heavy atom. The summed E-state index contributed by atoms with van der Waals surface area (Å²) in [6, 6.07) is 2.71. The Labute approximate surface area is 208 Å². The molecule has 2 atom stereocenters. The Kier molecular flexibility index (Phi) is 4.86. The molecule has 2 fully saturated rings. The summed E-state index contributed by atoms with van der Waals surface area (Å²) in [6.45, 7) is 2.26. The first-order valence-corrected chi connectivity index (χ1v) is 12.7. The van der Waals surface area contributed by atoms with Crippen molar-refractivity contribution >= 4 is 43.3 Å². The zero-order chi connectivity index (χ0) is 24.6. The number of fused-ring (bicyclic) bond motifs is 5. The molecule has 3 N–H and O–H groups in total. The van der Waals surface area contributed by atoms with Gasteiger partial charge in [-0.15, -0.1) is 11.3 Å². The number of nitrogens with one attached hydrogen (secondary N) is 1. The van der Waals surface area contributed by atoms with Crippen LogP contribution in [-0.2, 0) is 18.0 Å². The van der Waals surface area contributed by atoms with E-state index in [1.165, 1.54) is 0 Å². The highest BCUT2D eigenvalue weighted by atomic mass is 32.1. The second-order valence-corrected chi connectivity index (χ2v) is 10.5. The molecule has 2 unspecified atom stereocenters. The van der Waals surface area contributed by atoms with Crippen LogP contribution in [-0.4, -0.2) is 40.1 Å². The first-order chi connectivity index (χ1) is 17.6. The third kappa shape index (κ3) is 2.98. The van der Waals surface area contributed by atoms with Crippen molar-refractivity contribution in [1.82, 2.24) is 20.3 Å². The van der Waals surface area contributed by atoms with Gasteiger partial charge in [0.15, 0.2) is 11.6 Å². The lowest BCUT2D eigenvalue weighted by atomic mass is 9.94. The van der Waals surface area contributed by atoms with Gasteiger partial charge in [-0.25, -0.2) is 18.7 Å². The van der Waals surface area contributed by atoms with Gasteiger partial charge in [0.2, 0.25) is 5.95 Å². The molecule has 8 nitrogen and oxygen atoms in total. The third-order valence-electron chi connectivity index (χ3n) is 7.62. The number of pyridine rings is 1. The number of thiophene rings is 1. The topological polar surface area (TPSA) is 113 Å². The number of rotatable bonds is 2. The number of hydrogen-bond donors (Lipinski definition) is 2. The molecule has 6 heterocycles. The maximum Gasteiger partial charge on any atom is 0.226 e. The van der Waals surface area contributed by atoms with Crippen molar-refractivity contribution in [2.24, 2.45) is 0 Å². The zero-order valence-corrected chi connectivity index (χ0v) is 20.0. The molecule has 7 rings (SSSR count). The van der Waals surface area contributed by atoms with E-state index in [1.54, 1.807) is 6.20 Å². The molecule has 2 saturated heterocycles. The van der Waals surface area contributed by atoms with Crippen LogP contribution in [0, 0.1) is 23.0 Å². The van der Waals surface area contributed by atoms with Gasteiger partial charge in [0.05, 0.1) is 35.4 Å². The quantitative estimate of drug-likeness (QED) is 0.420. The number of benzene rings is 1. The van der Waals surface area contributed by atoms with E-state index in [0.29, 0.717) is 22.9 Å². The van der Waals surface area contributed by atoms with E-state index in [-0.39, 0.29) is 56.7 Å². The van der Waals surface area contributed by atoms with Crippen LogP contribution in [0.2, 0.25) is 0 Å². The molecule has 1 aromatic carbocycles. The van der Waals surface area contributed by atoms with E-state index in [0.717, 1.165) is 55.4 Å². The van der Waals surface area contributed by atoms with E-state index in [2.05, 4.69) is 20.2 Å². The van der Waals surface area contributed by atoms with Crippen molar-refractivity contribution in [3.8, 4) is 17.3 Å². The summed E-state index contributed by atoms with van der Waals surface area (Å²) < 4.78 is 37.0. The molecule has 3 aliphatic heterocycles. The lowest BCUT2D eigenvalue weighted by Gasteiger charge is -2.32. The van der Waals surface area contributed by atoms with E-state index in [9.17, 15) is 9.65 Å². The number of ether oxygens (including phenoxy) is 1. The van der Waals surface area contributed by atoms with E-state index in [4.69, 9.17) is 15.5 Å². The molecule has 0 amide bonds. The lowest BCUT2D eigenvalue weighted by Crippen LogP contribution is -2.47. The number of anilines is 2.